The number of nitrogens with two attached hydrogens (primary N) is 1. The maximum Gasteiger partial charge on any atom is 0.340 e. The monoisotopic (exact) mass is 431 g/mol. The molecule has 166 valence electrons. The van der Waals surface area contributed by atoms with Crippen molar-refractivity contribution in [2.24, 2.45) is 5.73 Å². The molecule has 0 fully saturated rings. The van der Waals surface area contributed by atoms with Gasteiger partial charge in [0.25, 0.3) is 5.91 Å². The molecule has 9 heteroatoms. The number of amides is 2. The van der Waals surface area contributed by atoms with Gasteiger partial charge in [0.15, 0.2) is 11.4 Å². The summed E-state index contributed by atoms with van der Waals surface area (Å²) in [6.07, 6.45) is 2.71. The highest BCUT2D eigenvalue weighted by Gasteiger charge is 2.21. The Morgan fingerprint density at radius 2 is 1.84 bits per heavy atom. The van der Waals surface area contributed by atoms with E-state index in [1.165, 1.54) is 24.4 Å². The summed E-state index contributed by atoms with van der Waals surface area (Å²) in [6, 6.07) is 7.26. The molecule has 1 aromatic heterocycles. The molecule has 0 spiro atoms. The Morgan fingerprint density at radius 3 is 2.45 bits per heavy atom. The van der Waals surface area contributed by atoms with Crippen molar-refractivity contribution in [3.63, 3.8) is 0 Å². The van der Waals surface area contributed by atoms with E-state index >= 15 is 0 Å². The molecule has 2 amide bonds. The molecule has 3 N–H and O–H groups in total. The second-order valence-corrected chi connectivity index (χ2v) is 6.72. The number of rotatable bonds is 10. The number of pyridine rings is 1. The molecule has 0 radical (unpaired) electrons. The molecule has 1 heterocycles. The highest BCUT2D eigenvalue weighted by Crippen LogP contribution is 2.20. The lowest BCUT2D eigenvalue weighted by molar-refractivity contribution is -0.118. The van der Waals surface area contributed by atoms with Gasteiger partial charge in [-0.15, -0.1) is 0 Å². The first-order chi connectivity index (χ1) is 14.9. The maximum atomic E-state index is 13.0. The van der Waals surface area contributed by atoms with E-state index in [0.717, 1.165) is 5.56 Å². The third-order valence-corrected chi connectivity index (χ3v) is 4.49. The maximum absolute atomic E-state index is 13.0. The zero-order valence-electron chi connectivity index (χ0n) is 17.5. The summed E-state index contributed by atoms with van der Waals surface area (Å²) in [7, 11) is 0. The van der Waals surface area contributed by atoms with Crippen LogP contribution in [-0.4, -0.2) is 42.0 Å². The van der Waals surface area contributed by atoms with Crippen molar-refractivity contribution in [1.82, 2.24) is 10.3 Å². The van der Waals surface area contributed by atoms with Crippen LogP contribution < -0.4 is 15.8 Å². The van der Waals surface area contributed by atoms with E-state index in [-0.39, 0.29) is 42.1 Å². The van der Waals surface area contributed by atoms with E-state index < -0.39 is 17.8 Å². The first-order valence-electron chi connectivity index (χ1n) is 10.00. The van der Waals surface area contributed by atoms with Gasteiger partial charge in [-0.2, -0.15) is 0 Å². The van der Waals surface area contributed by atoms with E-state index in [1.54, 1.807) is 12.1 Å². The lowest BCUT2D eigenvalue weighted by Gasteiger charge is -2.15. The number of nitrogens with zero attached hydrogens (tertiary/aromatic N) is 1. The Bertz CT molecular complexity index is 914. The van der Waals surface area contributed by atoms with Gasteiger partial charge in [-0.1, -0.05) is 26.0 Å². The van der Waals surface area contributed by atoms with Gasteiger partial charge in [0, 0.05) is 12.6 Å². The number of hydrogen-bond donors (Lipinski definition) is 2. The third-order valence-electron chi connectivity index (χ3n) is 4.49. The molecule has 8 nitrogen and oxygen atoms in total. The molecule has 0 saturated heterocycles. The molecular formula is C22H26FN3O5. The summed E-state index contributed by atoms with van der Waals surface area (Å²) in [6.45, 7) is 3.58. The Kier molecular flexibility index (Phi) is 9.08. The summed E-state index contributed by atoms with van der Waals surface area (Å²) in [5.74, 6) is -2.40. The third kappa shape index (κ3) is 7.14. The van der Waals surface area contributed by atoms with E-state index in [0.29, 0.717) is 19.3 Å². The largest absolute Gasteiger partial charge is 0.491 e. The fourth-order valence-corrected chi connectivity index (χ4v) is 2.68. The predicted molar refractivity (Wildman–Crippen MR) is 111 cm³/mol. The van der Waals surface area contributed by atoms with Gasteiger partial charge < -0.3 is 15.2 Å². The molecule has 0 aliphatic carbocycles. The quantitative estimate of drug-likeness (QED) is 0.554. The minimum absolute atomic E-state index is 0.0171. The van der Waals surface area contributed by atoms with Crippen molar-refractivity contribution >= 4 is 17.8 Å². The molecule has 0 aliphatic heterocycles. The van der Waals surface area contributed by atoms with Crippen LogP contribution in [0.5, 0.6) is 5.75 Å². The Labute approximate surface area is 179 Å². The lowest BCUT2D eigenvalue weighted by Crippen LogP contribution is -2.36. The van der Waals surface area contributed by atoms with Crippen molar-refractivity contribution in [3.05, 3.63) is 59.2 Å². The first kappa shape index (κ1) is 23.9. The number of halogens is 1. The average Bonchev–Trinajstić information content (AvgIpc) is 2.78. The van der Waals surface area contributed by atoms with E-state index in [1.807, 2.05) is 13.8 Å². The standard InChI is InChI=1S/C22H26FN3O5/c1-3-17(4-2)31-22(29)15-11-18(20(25-13-15)21(28)26-19(27)12-24)30-10-9-14-5-7-16(23)8-6-14/h5-8,11,13,17H,3-4,9-10,12,24H2,1-2H3,(H,26,27,28). The van der Waals surface area contributed by atoms with Crippen molar-refractivity contribution in [2.45, 2.75) is 39.2 Å². The first-order valence-corrected chi connectivity index (χ1v) is 10.00. The van der Waals surface area contributed by atoms with Gasteiger partial charge in [-0.25, -0.2) is 14.2 Å². The van der Waals surface area contributed by atoms with Gasteiger partial charge >= 0.3 is 5.97 Å². The number of carbonyl (C=O) groups excluding carboxylic acids is 3. The topological polar surface area (TPSA) is 121 Å². The van der Waals surface area contributed by atoms with E-state index in [4.69, 9.17) is 15.2 Å². The minimum atomic E-state index is -0.799. The lowest BCUT2D eigenvalue weighted by atomic mass is 10.1. The molecule has 2 rings (SSSR count). The van der Waals surface area contributed by atoms with Crippen LogP contribution in [0.15, 0.2) is 36.5 Å². The molecule has 0 bridgehead atoms. The molecule has 0 atom stereocenters. The summed E-state index contributed by atoms with van der Waals surface area (Å²) < 4.78 is 24.2. The number of nitrogens with one attached hydrogen (secondary N) is 1. The molecule has 0 unspecified atom stereocenters. The van der Waals surface area contributed by atoms with Crippen LogP contribution in [0.3, 0.4) is 0 Å². The van der Waals surface area contributed by atoms with Gasteiger partial charge in [-0.05, 0) is 36.6 Å². The van der Waals surface area contributed by atoms with Crippen molar-refractivity contribution in [3.8, 4) is 5.75 Å². The van der Waals surface area contributed by atoms with Crippen LogP contribution >= 0.6 is 0 Å². The Balaban J connectivity index is 2.21. The van der Waals surface area contributed by atoms with Crippen molar-refractivity contribution < 1.29 is 28.2 Å². The second kappa shape index (κ2) is 11.8. The van der Waals surface area contributed by atoms with Crippen LogP contribution in [0.25, 0.3) is 0 Å². The smallest absolute Gasteiger partial charge is 0.340 e. The number of ether oxygens (including phenoxy) is 2. The molecule has 0 aliphatic rings. The van der Waals surface area contributed by atoms with Gasteiger partial charge in [0.05, 0.1) is 18.7 Å². The van der Waals surface area contributed by atoms with E-state index in [2.05, 4.69) is 10.3 Å². The second-order valence-electron chi connectivity index (χ2n) is 6.72. The van der Waals surface area contributed by atoms with Crippen LogP contribution in [0.1, 0.15) is 53.1 Å². The van der Waals surface area contributed by atoms with Crippen molar-refractivity contribution in [2.75, 3.05) is 13.2 Å². The van der Waals surface area contributed by atoms with E-state index in [9.17, 15) is 18.8 Å². The SMILES string of the molecule is CCC(CC)OC(=O)c1cnc(C(=O)NC(=O)CN)c(OCCc2ccc(F)cc2)c1. The number of carbonyl (C=O) groups is 3. The summed E-state index contributed by atoms with van der Waals surface area (Å²) in [5, 5.41) is 2.10. The van der Waals surface area contributed by atoms with Crippen LogP contribution in [0.2, 0.25) is 0 Å². The number of benzene rings is 1. The van der Waals surface area contributed by atoms with Gasteiger partial charge in [0.2, 0.25) is 5.91 Å². The number of esters is 1. The molecule has 2 aromatic rings. The Hall–Kier alpha value is -3.33. The number of aromatic nitrogens is 1. The summed E-state index contributed by atoms with van der Waals surface area (Å²) in [5.41, 5.74) is 6.00. The van der Waals surface area contributed by atoms with Crippen LogP contribution in [0, 0.1) is 5.82 Å². The molecule has 0 saturated carbocycles. The number of hydrogen-bond acceptors (Lipinski definition) is 7. The summed E-state index contributed by atoms with van der Waals surface area (Å²) in [4.78, 5) is 40.3. The summed E-state index contributed by atoms with van der Waals surface area (Å²) >= 11 is 0. The minimum Gasteiger partial charge on any atom is -0.491 e. The fraction of sp³-hybridized carbons (Fsp3) is 0.364. The van der Waals surface area contributed by atoms with Gasteiger partial charge in [-0.3, -0.25) is 14.9 Å². The van der Waals surface area contributed by atoms with Crippen LogP contribution in [-0.2, 0) is 16.0 Å². The number of imide groups is 1. The average molecular weight is 431 g/mol. The molecule has 31 heavy (non-hydrogen) atoms. The predicted octanol–water partition coefficient (Wildman–Crippen LogP) is 2.40. The Morgan fingerprint density at radius 1 is 1.16 bits per heavy atom. The van der Waals surface area contributed by atoms with Gasteiger partial charge in [0.1, 0.15) is 11.9 Å². The molecular weight excluding hydrogens is 405 g/mol. The van der Waals surface area contributed by atoms with Crippen molar-refractivity contribution in [1.29, 1.82) is 0 Å². The highest BCUT2D eigenvalue weighted by atomic mass is 19.1. The zero-order chi connectivity index (χ0) is 22.8. The highest BCUT2D eigenvalue weighted by molar-refractivity contribution is 6.06. The normalized spacial score (nSPS) is 10.6. The fourth-order valence-electron chi connectivity index (χ4n) is 2.68. The molecule has 1 aromatic carbocycles. The van der Waals surface area contributed by atoms with Crippen LogP contribution in [0.4, 0.5) is 4.39 Å². The zero-order valence-corrected chi connectivity index (χ0v) is 17.5.